The van der Waals surface area contributed by atoms with Crippen LogP contribution in [0.15, 0.2) is 47.4 Å². The predicted molar refractivity (Wildman–Crippen MR) is 107 cm³/mol. The summed E-state index contributed by atoms with van der Waals surface area (Å²) < 4.78 is 3.86. The van der Waals surface area contributed by atoms with Crippen molar-refractivity contribution in [3.05, 3.63) is 63.7 Å². The van der Waals surface area contributed by atoms with Gasteiger partial charge in [-0.15, -0.1) is 0 Å². The second kappa shape index (κ2) is 9.24. The highest BCUT2D eigenvalue weighted by Crippen LogP contribution is 2.47. The van der Waals surface area contributed by atoms with Crippen molar-refractivity contribution in [2.24, 2.45) is 0 Å². The van der Waals surface area contributed by atoms with Crippen LogP contribution in [-0.4, -0.2) is 11.5 Å². The molecule has 0 aliphatic carbocycles. The molecule has 0 aromatic heterocycles. The van der Waals surface area contributed by atoms with E-state index in [-0.39, 0.29) is 5.69 Å². The van der Waals surface area contributed by atoms with Gasteiger partial charge in [0, 0.05) is 33.9 Å². The molecule has 9 heteroatoms. The number of rotatable bonds is 7. The van der Waals surface area contributed by atoms with Crippen molar-refractivity contribution in [3.8, 4) is 5.75 Å². The first-order valence-corrected chi connectivity index (χ1v) is 10.6. The van der Waals surface area contributed by atoms with E-state index in [0.29, 0.717) is 22.8 Å². The molecule has 0 aliphatic rings. The van der Waals surface area contributed by atoms with Crippen LogP contribution in [-0.2, 0) is 9.55 Å². The number of hydrogen-bond donors (Lipinski definition) is 0. The van der Waals surface area contributed by atoms with Crippen LogP contribution in [0.25, 0.3) is 0 Å². The Kier molecular flexibility index (Phi) is 7.58. The van der Waals surface area contributed by atoms with Crippen LogP contribution >= 0.6 is 56.4 Å². The van der Waals surface area contributed by atoms with Gasteiger partial charge in [0.2, 0.25) is 3.79 Å². The molecule has 2 aromatic rings. The lowest BCUT2D eigenvalue weighted by atomic mass is 10.2. The number of benzene rings is 2. The van der Waals surface area contributed by atoms with Gasteiger partial charge >= 0.3 is 0 Å². The zero-order valence-electron chi connectivity index (χ0n) is 13.1. The van der Waals surface area contributed by atoms with E-state index in [1.54, 1.807) is 6.07 Å². The van der Waals surface area contributed by atoms with Gasteiger partial charge < -0.3 is 4.74 Å². The molecule has 0 amide bonds. The van der Waals surface area contributed by atoms with Gasteiger partial charge in [0.25, 0.3) is 5.69 Å². The van der Waals surface area contributed by atoms with Crippen LogP contribution in [0.3, 0.4) is 0 Å². The Labute approximate surface area is 168 Å². The van der Waals surface area contributed by atoms with Gasteiger partial charge in [0.15, 0.2) is 0 Å². The molecule has 0 bridgehead atoms. The van der Waals surface area contributed by atoms with Crippen molar-refractivity contribution >= 4 is 62.1 Å². The van der Waals surface area contributed by atoms with E-state index in [9.17, 15) is 10.1 Å². The molecule has 2 aromatic carbocycles. The lowest BCUT2D eigenvalue weighted by Crippen LogP contribution is -2.03. The zero-order valence-corrected chi connectivity index (χ0v) is 17.0. The molecule has 0 saturated carbocycles. The van der Waals surface area contributed by atoms with Crippen LogP contribution in [0.2, 0.25) is 0 Å². The van der Waals surface area contributed by atoms with Crippen LogP contribution in [0.5, 0.6) is 5.75 Å². The molecule has 4 nitrogen and oxygen atoms in total. The lowest BCUT2D eigenvalue weighted by molar-refractivity contribution is -0.385. The number of nitro benzene ring substituents is 1. The van der Waals surface area contributed by atoms with E-state index in [0.717, 1.165) is 11.3 Å². The molecular formula is C16H14Cl3NO3S2. The number of ether oxygens (including phenoxy) is 1. The van der Waals surface area contributed by atoms with Gasteiger partial charge in [0.05, 0.1) is 11.5 Å². The molecular weight excluding hydrogens is 425 g/mol. The highest BCUT2D eigenvalue weighted by molar-refractivity contribution is 8.76. The van der Waals surface area contributed by atoms with Gasteiger partial charge in [-0.2, -0.15) is 0 Å². The summed E-state index contributed by atoms with van der Waals surface area (Å²) in [5.41, 5.74) is 1.24. The molecule has 0 spiro atoms. The Morgan fingerprint density at radius 2 is 1.92 bits per heavy atom. The molecule has 0 heterocycles. The zero-order chi connectivity index (χ0) is 18.4. The second-order valence-electron chi connectivity index (χ2n) is 4.82. The molecule has 134 valence electrons. The summed E-state index contributed by atoms with van der Waals surface area (Å²) in [6.07, 6.45) is 0. The Balaban J connectivity index is 2.14. The average Bonchev–Trinajstić information content (AvgIpc) is 2.55. The number of para-hydroxylation sites is 1. The topological polar surface area (TPSA) is 52.4 Å². The maximum atomic E-state index is 10.9. The Hall–Kier alpha value is -0.790. The van der Waals surface area contributed by atoms with E-state index in [4.69, 9.17) is 39.5 Å². The van der Waals surface area contributed by atoms with Gasteiger partial charge in [0.1, 0.15) is 5.75 Å². The van der Waals surface area contributed by atoms with Crippen molar-refractivity contribution in [1.29, 1.82) is 0 Å². The highest BCUT2D eigenvalue weighted by atomic mass is 35.6. The quantitative estimate of drug-likeness (QED) is 0.207. The second-order valence-corrected chi connectivity index (χ2v) is 9.44. The fourth-order valence-corrected chi connectivity index (χ4v) is 4.99. The highest BCUT2D eigenvalue weighted by Gasteiger charge is 2.28. The van der Waals surface area contributed by atoms with Gasteiger partial charge in [-0.3, -0.25) is 10.1 Å². The van der Waals surface area contributed by atoms with Crippen LogP contribution < -0.4 is 4.74 Å². The minimum Gasteiger partial charge on any atom is -0.494 e. The van der Waals surface area contributed by atoms with Gasteiger partial charge in [-0.05, 0) is 19.1 Å². The van der Waals surface area contributed by atoms with Crippen molar-refractivity contribution < 1.29 is 9.66 Å². The van der Waals surface area contributed by atoms with Crippen molar-refractivity contribution in [1.82, 2.24) is 0 Å². The van der Waals surface area contributed by atoms with Crippen LogP contribution in [0.4, 0.5) is 5.69 Å². The number of nitrogens with zero attached hydrogens (tertiary/aromatic N) is 1. The fourth-order valence-electron chi connectivity index (χ4n) is 2.00. The molecule has 0 radical (unpaired) electrons. The normalized spacial score (nSPS) is 11.4. The van der Waals surface area contributed by atoms with E-state index < -0.39 is 8.72 Å². The standard InChI is InChI=1S/C16H14Cl3NO3S2/c1-2-23-14-6-4-3-5-11(14)10-24-25-15-8-7-12(20(21)22)9-13(15)16(17,18)19/h3-9H,2,10H2,1H3. The Morgan fingerprint density at radius 1 is 1.20 bits per heavy atom. The summed E-state index contributed by atoms with van der Waals surface area (Å²) in [6.45, 7) is 2.53. The van der Waals surface area contributed by atoms with Gasteiger partial charge in [-0.1, -0.05) is 74.6 Å². The van der Waals surface area contributed by atoms with Crippen molar-refractivity contribution in [2.45, 2.75) is 21.4 Å². The molecule has 0 fully saturated rings. The minimum atomic E-state index is -1.74. The third-order valence-corrected chi connectivity index (χ3v) is 6.05. The summed E-state index contributed by atoms with van der Waals surface area (Å²) in [4.78, 5) is 11.1. The number of alkyl halides is 3. The fraction of sp³-hybridized carbons (Fsp3) is 0.250. The lowest BCUT2D eigenvalue weighted by Gasteiger charge is -2.16. The number of non-ortho nitro benzene ring substituents is 1. The van der Waals surface area contributed by atoms with E-state index >= 15 is 0 Å². The molecule has 0 N–H and O–H groups in total. The Bertz CT molecular complexity index is 754. The molecule has 2 rings (SSSR count). The third kappa shape index (κ3) is 5.86. The summed E-state index contributed by atoms with van der Waals surface area (Å²) in [7, 11) is 2.94. The van der Waals surface area contributed by atoms with Crippen molar-refractivity contribution in [2.75, 3.05) is 6.61 Å². The smallest absolute Gasteiger partial charge is 0.269 e. The molecule has 0 aliphatic heterocycles. The molecule has 0 unspecified atom stereocenters. The maximum absolute atomic E-state index is 10.9. The minimum absolute atomic E-state index is 0.114. The summed E-state index contributed by atoms with van der Waals surface area (Å²) >= 11 is 17.9. The van der Waals surface area contributed by atoms with E-state index in [1.165, 1.54) is 33.7 Å². The molecule has 0 atom stereocenters. The number of nitro groups is 1. The van der Waals surface area contributed by atoms with Crippen molar-refractivity contribution in [3.63, 3.8) is 0 Å². The third-order valence-electron chi connectivity index (χ3n) is 3.11. The number of hydrogen-bond acceptors (Lipinski definition) is 5. The average molecular weight is 439 g/mol. The maximum Gasteiger partial charge on any atom is 0.269 e. The van der Waals surface area contributed by atoms with E-state index in [1.807, 2.05) is 31.2 Å². The molecule has 25 heavy (non-hydrogen) atoms. The van der Waals surface area contributed by atoms with E-state index in [2.05, 4.69) is 0 Å². The first kappa shape index (κ1) is 20.5. The summed E-state index contributed by atoms with van der Waals surface area (Å²) in [6, 6.07) is 12.1. The SMILES string of the molecule is CCOc1ccccc1CSSc1ccc([N+](=O)[O-])cc1C(Cl)(Cl)Cl. The first-order chi connectivity index (χ1) is 11.8. The van der Waals surface area contributed by atoms with Gasteiger partial charge in [-0.25, -0.2) is 0 Å². The number of halogens is 3. The molecule has 0 saturated heterocycles. The summed E-state index contributed by atoms with van der Waals surface area (Å²) in [5.74, 6) is 1.51. The summed E-state index contributed by atoms with van der Waals surface area (Å²) in [5, 5.41) is 10.9. The van der Waals surface area contributed by atoms with Crippen LogP contribution in [0.1, 0.15) is 18.1 Å². The first-order valence-electron chi connectivity index (χ1n) is 7.18. The monoisotopic (exact) mass is 437 g/mol. The van der Waals surface area contributed by atoms with Crippen LogP contribution in [0, 0.1) is 10.1 Å². The predicted octanol–water partition coefficient (Wildman–Crippen LogP) is 6.76. The Morgan fingerprint density at radius 3 is 2.56 bits per heavy atom. The largest absolute Gasteiger partial charge is 0.494 e.